The van der Waals surface area contributed by atoms with Gasteiger partial charge in [-0.3, -0.25) is 0 Å². The molecule has 4 heteroatoms. The van der Waals surface area contributed by atoms with Crippen molar-refractivity contribution in [1.29, 1.82) is 0 Å². The Balaban J connectivity index is 2.12. The monoisotopic (exact) mass is 312 g/mol. The summed E-state index contributed by atoms with van der Waals surface area (Å²) < 4.78 is 16.3. The fourth-order valence-electron chi connectivity index (χ4n) is 2.99. The topological polar surface area (TPSA) is 44.8 Å². The lowest BCUT2D eigenvalue weighted by molar-refractivity contribution is 0.0600. The Morgan fingerprint density at radius 3 is 2.65 bits per heavy atom. The summed E-state index contributed by atoms with van der Waals surface area (Å²) in [5.41, 5.74) is 3.39. The van der Waals surface area contributed by atoms with Gasteiger partial charge in [0.05, 0.1) is 19.8 Å². The quantitative estimate of drug-likeness (QED) is 0.807. The van der Waals surface area contributed by atoms with Crippen molar-refractivity contribution in [2.24, 2.45) is 0 Å². The van der Waals surface area contributed by atoms with Gasteiger partial charge in [-0.25, -0.2) is 4.79 Å². The molecule has 4 nitrogen and oxygen atoms in total. The second-order valence-corrected chi connectivity index (χ2v) is 6.23. The third kappa shape index (κ3) is 2.77. The lowest BCUT2D eigenvalue weighted by Crippen LogP contribution is -2.24. The third-order valence-electron chi connectivity index (χ3n) is 4.02. The van der Waals surface area contributed by atoms with Crippen LogP contribution < -0.4 is 9.47 Å². The zero-order valence-corrected chi connectivity index (χ0v) is 13.8. The van der Waals surface area contributed by atoms with E-state index in [4.69, 9.17) is 14.2 Å². The van der Waals surface area contributed by atoms with Crippen molar-refractivity contribution in [3.8, 4) is 22.6 Å². The smallest absolute Gasteiger partial charge is 0.337 e. The Labute approximate surface area is 136 Å². The van der Waals surface area contributed by atoms with Crippen LogP contribution in [0.1, 0.15) is 29.8 Å². The SMILES string of the molecule is COC(=O)c1cccc(-c2ccc(OC)c3c2CC(C)(C)O3)c1. The minimum absolute atomic E-state index is 0.272. The number of rotatable bonds is 3. The van der Waals surface area contributed by atoms with Crippen molar-refractivity contribution in [1.82, 2.24) is 0 Å². The molecule has 0 N–H and O–H groups in total. The van der Waals surface area contributed by atoms with Crippen LogP contribution >= 0.6 is 0 Å². The molecule has 1 aliphatic rings. The highest BCUT2D eigenvalue weighted by atomic mass is 16.5. The summed E-state index contributed by atoms with van der Waals surface area (Å²) >= 11 is 0. The first-order valence-corrected chi connectivity index (χ1v) is 7.53. The maximum atomic E-state index is 11.8. The number of esters is 1. The van der Waals surface area contributed by atoms with Crippen molar-refractivity contribution in [3.05, 3.63) is 47.5 Å². The van der Waals surface area contributed by atoms with Gasteiger partial charge in [-0.05, 0) is 43.2 Å². The van der Waals surface area contributed by atoms with E-state index in [-0.39, 0.29) is 11.6 Å². The Morgan fingerprint density at radius 2 is 1.96 bits per heavy atom. The molecular formula is C19H20O4. The third-order valence-corrected chi connectivity index (χ3v) is 4.02. The number of ether oxygens (including phenoxy) is 3. The zero-order chi connectivity index (χ0) is 16.6. The first-order valence-electron chi connectivity index (χ1n) is 7.53. The molecule has 0 bridgehead atoms. The summed E-state index contributed by atoms with van der Waals surface area (Å²) in [6.07, 6.45) is 0.789. The van der Waals surface area contributed by atoms with E-state index in [2.05, 4.69) is 13.8 Å². The highest BCUT2D eigenvalue weighted by Crippen LogP contribution is 2.46. The minimum atomic E-state index is -0.339. The summed E-state index contributed by atoms with van der Waals surface area (Å²) in [5.74, 6) is 1.19. The molecule has 2 aromatic carbocycles. The van der Waals surface area contributed by atoms with Crippen molar-refractivity contribution < 1.29 is 19.0 Å². The van der Waals surface area contributed by atoms with Crippen LogP contribution in [-0.4, -0.2) is 25.8 Å². The van der Waals surface area contributed by atoms with Crippen molar-refractivity contribution in [2.75, 3.05) is 14.2 Å². The molecule has 3 rings (SSSR count). The van der Waals surface area contributed by atoms with Crippen LogP contribution in [0.5, 0.6) is 11.5 Å². The number of methoxy groups -OCH3 is 2. The fraction of sp³-hybridized carbons (Fsp3) is 0.316. The highest BCUT2D eigenvalue weighted by molar-refractivity contribution is 5.91. The highest BCUT2D eigenvalue weighted by Gasteiger charge is 2.34. The van der Waals surface area contributed by atoms with Crippen molar-refractivity contribution >= 4 is 5.97 Å². The molecule has 120 valence electrons. The molecule has 0 radical (unpaired) electrons. The molecule has 0 fully saturated rings. The van der Waals surface area contributed by atoms with E-state index in [0.717, 1.165) is 34.6 Å². The van der Waals surface area contributed by atoms with E-state index in [1.807, 2.05) is 30.3 Å². The average Bonchev–Trinajstić information content (AvgIpc) is 2.88. The van der Waals surface area contributed by atoms with Gasteiger partial charge in [0.25, 0.3) is 0 Å². The molecule has 0 aromatic heterocycles. The molecule has 23 heavy (non-hydrogen) atoms. The second kappa shape index (κ2) is 5.61. The van der Waals surface area contributed by atoms with Gasteiger partial charge in [0.1, 0.15) is 5.60 Å². The predicted octanol–water partition coefficient (Wildman–Crippen LogP) is 3.86. The maximum Gasteiger partial charge on any atom is 0.337 e. The molecule has 0 saturated carbocycles. The standard InChI is InChI=1S/C19H20O4/c1-19(2)11-15-14(8-9-16(21-3)17(15)23-19)12-6-5-7-13(10-12)18(20)22-4/h5-10H,11H2,1-4H3. The second-order valence-electron chi connectivity index (χ2n) is 6.23. The van der Waals surface area contributed by atoms with E-state index in [0.29, 0.717) is 5.56 Å². The zero-order valence-electron chi connectivity index (χ0n) is 13.8. The van der Waals surface area contributed by atoms with Gasteiger partial charge in [0.15, 0.2) is 11.5 Å². The van der Waals surface area contributed by atoms with Gasteiger partial charge in [0, 0.05) is 12.0 Å². The first-order chi connectivity index (χ1) is 10.9. The molecular weight excluding hydrogens is 292 g/mol. The van der Waals surface area contributed by atoms with Gasteiger partial charge in [0.2, 0.25) is 0 Å². The lowest BCUT2D eigenvalue weighted by Gasteiger charge is -2.17. The summed E-state index contributed by atoms with van der Waals surface area (Å²) in [5, 5.41) is 0. The van der Waals surface area contributed by atoms with E-state index in [1.165, 1.54) is 7.11 Å². The number of hydrogen-bond acceptors (Lipinski definition) is 4. The van der Waals surface area contributed by atoms with Crippen LogP contribution in [-0.2, 0) is 11.2 Å². The summed E-state index contributed by atoms with van der Waals surface area (Å²) in [7, 11) is 3.03. The summed E-state index contributed by atoms with van der Waals surface area (Å²) in [4.78, 5) is 11.8. The number of fused-ring (bicyclic) bond motifs is 1. The molecule has 0 saturated heterocycles. The van der Waals surface area contributed by atoms with Crippen LogP contribution in [0.25, 0.3) is 11.1 Å². The van der Waals surface area contributed by atoms with Crippen LogP contribution in [0.4, 0.5) is 0 Å². The van der Waals surface area contributed by atoms with E-state index < -0.39 is 0 Å². The van der Waals surface area contributed by atoms with E-state index >= 15 is 0 Å². The average molecular weight is 312 g/mol. The van der Waals surface area contributed by atoms with Crippen LogP contribution in [0.2, 0.25) is 0 Å². The number of carbonyl (C=O) groups excluding carboxylic acids is 1. The molecule has 0 aliphatic carbocycles. The van der Waals surface area contributed by atoms with Crippen LogP contribution in [0.3, 0.4) is 0 Å². The Morgan fingerprint density at radius 1 is 1.17 bits per heavy atom. The van der Waals surface area contributed by atoms with Crippen molar-refractivity contribution in [2.45, 2.75) is 25.9 Å². The summed E-state index contributed by atoms with van der Waals surface area (Å²) in [6, 6.07) is 11.4. The van der Waals surface area contributed by atoms with Crippen LogP contribution in [0.15, 0.2) is 36.4 Å². The first kappa shape index (κ1) is 15.4. The van der Waals surface area contributed by atoms with Gasteiger partial charge in [-0.1, -0.05) is 18.2 Å². The van der Waals surface area contributed by atoms with Crippen molar-refractivity contribution in [3.63, 3.8) is 0 Å². The molecule has 0 unspecified atom stereocenters. The Hall–Kier alpha value is -2.49. The molecule has 1 aliphatic heterocycles. The van der Waals surface area contributed by atoms with Gasteiger partial charge < -0.3 is 14.2 Å². The van der Waals surface area contributed by atoms with Gasteiger partial charge in [-0.15, -0.1) is 0 Å². The number of carbonyl (C=O) groups is 1. The fourth-order valence-corrected chi connectivity index (χ4v) is 2.99. The maximum absolute atomic E-state index is 11.8. The molecule has 0 spiro atoms. The molecule has 0 atom stereocenters. The normalized spacial score (nSPS) is 14.8. The number of benzene rings is 2. The lowest BCUT2D eigenvalue weighted by atomic mass is 9.92. The molecule has 0 amide bonds. The minimum Gasteiger partial charge on any atom is -0.493 e. The van der Waals surface area contributed by atoms with Gasteiger partial charge in [-0.2, -0.15) is 0 Å². The molecule has 2 aromatic rings. The Bertz CT molecular complexity index is 762. The number of hydrogen-bond donors (Lipinski definition) is 0. The van der Waals surface area contributed by atoms with E-state index in [9.17, 15) is 4.79 Å². The van der Waals surface area contributed by atoms with Crippen LogP contribution in [0, 0.1) is 0 Å². The van der Waals surface area contributed by atoms with Gasteiger partial charge >= 0.3 is 5.97 Å². The Kier molecular flexibility index (Phi) is 3.76. The van der Waals surface area contributed by atoms with E-state index in [1.54, 1.807) is 13.2 Å². The molecule has 1 heterocycles. The largest absolute Gasteiger partial charge is 0.493 e. The summed E-state index contributed by atoms with van der Waals surface area (Å²) in [6.45, 7) is 4.11. The predicted molar refractivity (Wildman–Crippen MR) is 88.2 cm³/mol.